The van der Waals surface area contributed by atoms with E-state index in [1.54, 1.807) is 44.2 Å². The van der Waals surface area contributed by atoms with Crippen molar-refractivity contribution in [2.24, 2.45) is 0 Å². The monoisotopic (exact) mass is 278 g/mol. The Morgan fingerprint density at radius 2 is 1.90 bits per heavy atom. The minimum absolute atomic E-state index is 0.0845. The Morgan fingerprint density at radius 1 is 1.25 bits per heavy atom. The van der Waals surface area contributed by atoms with Gasteiger partial charge in [-0.1, -0.05) is 0 Å². The molecule has 0 aliphatic rings. The maximum Gasteiger partial charge on any atom is 0.253 e. The Kier molecular flexibility index (Phi) is 5.37. The fourth-order valence-corrected chi connectivity index (χ4v) is 1.82. The standard InChI is InChI=1S/C14H22N4O2/c1-5-16-13(19)9-18(4)12-8-10(6-7-11(12)15)14(20)17(2)3/h6-8H,5,9,15H2,1-4H3,(H,16,19). The van der Waals surface area contributed by atoms with Gasteiger partial charge in [0.1, 0.15) is 0 Å². The van der Waals surface area contributed by atoms with E-state index in [1.165, 1.54) is 4.90 Å². The van der Waals surface area contributed by atoms with Gasteiger partial charge in [0.15, 0.2) is 0 Å². The molecule has 6 heteroatoms. The third-order valence-electron chi connectivity index (χ3n) is 2.85. The molecule has 1 aromatic rings. The Bertz CT molecular complexity index is 500. The molecule has 0 radical (unpaired) electrons. The maximum absolute atomic E-state index is 11.9. The molecule has 0 heterocycles. The first-order chi connectivity index (χ1) is 9.36. The number of amides is 2. The van der Waals surface area contributed by atoms with Gasteiger partial charge in [0.2, 0.25) is 5.91 Å². The fourth-order valence-electron chi connectivity index (χ4n) is 1.82. The lowest BCUT2D eigenvalue weighted by Gasteiger charge is -2.21. The lowest BCUT2D eigenvalue weighted by atomic mass is 10.1. The van der Waals surface area contributed by atoms with E-state index in [-0.39, 0.29) is 18.4 Å². The summed E-state index contributed by atoms with van der Waals surface area (Å²) in [5, 5.41) is 2.72. The summed E-state index contributed by atoms with van der Waals surface area (Å²) in [7, 11) is 5.15. The second-order valence-electron chi connectivity index (χ2n) is 4.78. The molecule has 0 fully saturated rings. The average Bonchev–Trinajstić information content (AvgIpc) is 2.38. The van der Waals surface area contributed by atoms with Crippen LogP contribution in [0.25, 0.3) is 0 Å². The predicted molar refractivity (Wildman–Crippen MR) is 80.8 cm³/mol. The van der Waals surface area contributed by atoms with Crippen molar-refractivity contribution in [3.8, 4) is 0 Å². The minimum Gasteiger partial charge on any atom is -0.397 e. The molecule has 0 spiro atoms. The second-order valence-corrected chi connectivity index (χ2v) is 4.78. The van der Waals surface area contributed by atoms with Crippen LogP contribution in [-0.2, 0) is 4.79 Å². The Hall–Kier alpha value is -2.24. The van der Waals surface area contributed by atoms with Gasteiger partial charge < -0.3 is 20.9 Å². The molecular weight excluding hydrogens is 256 g/mol. The van der Waals surface area contributed by atoms with Crippen molar-refractivity contribution in [3.63, 3.8) is 0 Å². The van der Waals surface area contributed by atoms with E-state index < -0.39 is 0 Å². The quantitative estimate of drug-likeness (QED) is 0.771. The molecule has 0 atom stereocenters. The zero-order valence-corrected chi connectivity index (χ0v) is 12.4. The van der Waals surface area contributed by atoms with Gasteiger partial charge >= 0.3 is 0 Å². The second kappa shape index (κ2) is 6.79. The highest BCUT2D eigenvalue weighted by Gasteiger charge is 2.14. The molecule has 20 heavy (non-hydrogen) atoms. The van der Waals surface area contributed by atoms with Crippen LogP contribution in [0.4, 0.5) is 11.4 Å². The summed E-state index contributed by atoms with van der Waals surface area (Å²) in [6, 6.07) is 5.07. The highest BCUT2D eigenvalue weighted by atomic mass is 16.2. The van der Waals surface area contributed by atoms with Gasteiger partial charge in [0, 0.05) is 33.3 Å². The zero-order valence-electron chi connectivity index (χ0n) is 12.4. The molecule has 1 aromatic carbocycles. The Labute approximate surface area is 119 Å². The van der Waals surface area contributed by atoms with Crippen molar-refractivity contribution in [2.45, 2.75) is 6.92 Å². The number of carbonyl (C=O) groups excluding carboxylic acids is 2. The lowest BCUT2D eigenvalue weighted by molar-refractivity contribution is -0.119. The summed E-state index contributed by atoms with van der Waals surface area (Å²) in [6.07, 6.45) is 0. The molecule has 0 saturated carbocycles. The fraction of sp³-hybridized carbons (Fsp3) is 0.429. The van der Waals surface area contributed by atoms with Gasteiger partial charge in [-0.25, -0.2) is 0 Å². The van der Waals surface area contributed by atoms with E-state index in [2.05, 4.69) is 5.32 Å². The Balaban J connectivity index is 2.96. The lowest BCUT2D eigenvalue weighted by Crippen LogP contribution is -2.35. The van der Waals surface area contributed by atoms with E-state index in [1.807, 2.05) is 6.92 Å². The number of nitrogens with zero attached hydrogens (tertiary/aromatic N) is 2. The van der Waals surface area contributed by atoms with Crippen LogP contribution in [0.3, 0.4) is 0 Å². The van der Waals surface area contributed by atoms with E-state index in [4.69, 9.17) is 5.73 Å². The van der Waals surface area contributed by atoms with E-state index >= 15 is 0 Å². The topological polar surface area (TPSA) is 78.7 Å². The Morgan fingerprint density at radius 3 is 2.45 bits per heavy atom. The molecule has 0 aromatic heterocycles. The van der Waals surface area contributed by atoms with Gasteiger partial charge in [0.25, 0.3) is 5.91 Å². The third-order valence-corrected chi connectivity index (χ3v) is 2.85. The number of rotatable bonds is 5. The van der Waals surface area contributed by atoms with Gasteiger partial charge in [-0.3, -0.25) is 9.59 Å². The number of carbonyl (C=O) groups is 2. The van der Waals surface area contributed by atoms with Crippen molar-refractivity contribution in [1.82, 2.24) is 10.2 Å². The van der Waals surface area contributed by atoms with Crippen molar-refractivity contribution < 1.29 is 9.59 Å². The highest BCUT2D eigenvalue weighted by Crippen LogP contribution is 2.24. The number of nitrogens with two attached hydrogens (primary N) is 1. The minimum atomic E-state index is -0.0994. The van der Waals surface area contributed by atoms with Gasteiger partial charge in [-0.05, 0) is 25.1 Å². The largest absolute Gasteiger partial charge is 0.397 e. The normalized spacial score (nSPS) is 10.0. The van der Waals surface area contributed by atoms with Crippen LogP contribution in [0, 0.1) is 0 Å². The van der Waals surface area contributed by atoms with E-state index in [0.29, 0.717) is 23.5 Å². The molecule has 3 N–H and O–H groups in total. The SMILES string of the molecule is CCNC(=O)CN(C)c1cc(C(=O)N(C)C)ccc1N. The number of nitrogen functional groups attached to an aromatic ring is 1. The number of anilines is 2. The number of hydrogen-bond acceptors (Lipinski definition) is 4. The van der Waals surface area contributed by atoms with Crippen LogP contribution >= 0.6 is 0 Å². The van der Waals surface area contributed by atoms with Crippen molar-refractivity contribution in [3.05, 3.63) is 23.8 Å². The van der Waals surface area contributed by atoms with Crippen LogP contribution in [0.5, 0.6) is 0 Å². The maximum atomic E-state index is 11.9. The first-order valence-electron chi connectivity index (χ1n) is 6.45. The molecule has 110 valence electrons. The molecule has 0 aliphatic carbocycles. The zero-order chi connectivity index (χ0) is 15.3. The predicted octanol–water partition coefficient (Wildman–Crippen LogP) is 0.543. The summed E-state index contributed by atoms with van der Waals surface area (Å²) in [6.45, 7) is 2.64. The first kappa shape index (κ1) is 15.8. The van der Waals surface area contributed by atoms with Crippen molar-refractivity contribution in [1.29, 1.82) is 0 Å². The van der Waals surface area contributed by atoms with Crippen LogP contribution in [0.2, 0.25) is 0 Å². The molecule has 0 aliphatic heterocycles. The van der Waals surface area contributed by atoms with Crippen LogP contribution in [-0.4, -0.2) is 50.9 Å². The highest BCUT2D eigenvalue weighted by molar-refractivity contribution is 5.96. The molecule has 1 rings (SSSR count). The summed E-state index contributed by atoms with van der Waals surface area (Å²) in [5.41, 5.74) is 7.67. The van der Waals surface area contributed by atoms with Gasteiger partial charge in [-0.2, -0.15) is 0 Å². The molecule has 0 saturated heterocycles. The number of likely N-dealkylation sites (N-methyl/N-ethyl adjacent to an activating group) is 2. The van der Waals surface area contributed by atoms with Crippen molar-refractivity contribution in [2.75, 3.05) is 44.9 Å². The van der Waals surface area contributed by atoms with E-state index in [9.17, 15) is 9.59 Å². The molecule has 0 unspecified atom stereocenters. The van der Waals surface area contributed by atoms with Crippen molar-refractivity contribution >= 4 is 23.2 Å². The average molecular weight is 278 g/mol. The molecule has 6 nitrogen and oxygen atoms in total. The third kappa shape index (κ3) is 3.88. The van der Waals surface area contributed by atoms with E-state index in [0.717, 1.165) is 0 Å². The van der Waals surface area contributed by atoms with Gasteiger partial charge in [-0.15, -0.1) is 0 Å². The van der Waals surface area contributed by atoms with Crippen LogP contribution in [0.1, 0.15) is 17.3 Å². The van der Waals surface area contributed by atoms with Gasteiger partial charge in [0.05, 0.1) is 17.9 Å². The van der Waals surface area contributed by atoms with Crippen LogP contribution in [0.15, 0.2) is 18.2 Å². The summed E-state index contributed by atoms with van der Waals surface area (Å²) < 4.78 is 0. The molecule has 2 amide bonds. The summed E-state index contributed by atoms with van der Waals surface area (Å²) >= 11 is 0. The summed E-state index contributed by atoms with van der Waals surface area (Å²) in [4.78, 5) is 26.8. The number of nitrogens with one attached hydrogen (secondary N) is 1. The number of benzene rings is 1. The summed E-state index contributed by atoms with van der Waals surface area (Å²) in [5.74, 6) is -0.184. The van der Waals surface area contributed by atoms with Crippen LogP contribution < -0.4 is 16.0 Å². The molecular formula is C14H22N4O2. The molecule has 0 bridgehead atoms. The first-order valence-corrected chi connectivity index (χ1v) is 6.45. The smallest absolute Gasteiger partial charge is 0.253 e. The number of hydrogen-bond donors (Lipinski definition) is 2.